The zero-order valence-corrected chi connectivity index (χ0v) is 13.6. The topological polar surface area (TPSA) is 41.6 Å². The highest BCUT2D eigenvalue weighted by Crippen LogP contribution is 2.27. The van der Waals surface area contributed by atoms with Gasteiger partial charge < -0.3 is 15.0 Å². The molecular formula is C16H25ClN2O2. The van der Waals surface area contributed by atoms with Gasteiger partial charge in [0.15, 0.2) is 0 Å². The van der Waals surface area contributed by atoms with Crippen molar-refractivity contribution >= 4 is 18.3 Å². The van der Waals surface area contributed by atoms with Crippen molar-refractivity contribution < 1.29 is 9.53 Å². The van der Waals surface area contributed by atoms with E-state index in [0.717, 1.165) is 23.8 Å². The van der Waals surface area contributed by atoms with Crippen LogP contribution in [0.3, 0.4) is 0 Å². The lowest BCUT2D eigenvalue weighted by Crippen LogP contribution is -2.35. The van der Waals surface area contributed by atoms with Gasteiger partial charge in [-0.25, -0.2) is 0 Å². The van der Waals surface area contributed by atoms with Crippen LogP contribution in [0.4, 0.5) is 0 Å². The van der Waals surface area contributed by atoms with Crippen molar-refractivity contribution in [1.82, 2.24) is 10.2 Å². The summed E-state index contributed by atoms with van der Waals surface area (Å²) in [4.78, 5) is 13.7. The smallest absolute Gasteiger partial charge is 0.236 e. The number of nitrogens with zero attached hydrogens (tertiary/aromatic N) is 1. The fraction of sp³-hybridized carbons (Fsp3) is 0.562. The molecule has 4 nitrogen and oxygen atoms in total. The molecule has 1 aromatic carbocycles. The lowest BCUT2D eigenvalue weighted by molar-refractivity contribution is -0.129. The van der Waals surface area contributed by atoms with Crippen LogP contribution >= 0.6 is 12.4 Å². The van der Waals surface area contributed by atoms with Gasteiger partial charge in [-0.2, -0.15) is 0 Å². The number of rotatable bonds is 8. The van der Waals surface area contributed by atoms with Gasteiger partial charge in [-0.3, -0.25) is 4.79 Å². The van der Waals surface area contributed by atoms with Crippen LogP contribution in [-0.4, -0.2) is 37.6 Å². The predicted molar refractivity (Wildman–Crippen MR) is 86.9 cm³/mol. The van der Waals surface area contributed by atoms with Gasteiger partial charge in [0.2, 0.25) is 5.91 Å². The summed E-state index contributed by atoms with van der Waals surface area (Å²) in [5.74, 6) is 1.81. The number of benzene rings is 1. The SMILES string of the molecule is CCOc1ccc(CN(C)C(=O)CNCC2CC2)cc1.Cl. The van der Waals surface area contributed by atoms with Gasteiger partial charge in [-0.05, 0) is 49.9 Å². The second-order valence-corrected chi connectivity index (χ2v) is 5.40. The highest BCUT2D eigenvalue weighted by atomic mass is 35.5. The molecule has 1 amide bonds. The second-order valence-electron chi connectivity index (χ2n) is 5.40. The van der Waals surface area contributed by atoms with E-state index in [2.05, 4.69) is 5.32 Å². The molecule has 0 saturated heterocycles. The summed E-state index contributed by atoms with van der Waals surface area (Å²) in [6, 6.07) is 7.91. The maximum Gasteiger partial charge on any atom is 0.236 e. The number of hydrogen-bond acceptors (Lipinski definition) is 3. The van der Waals surface area contributed by atoms with Crippen molar-refractivity contribution in [2.75, 3.05) is 26.7 Å². The van der Waals surface area contributed by atoms with Gasteiger partial charge in [0.1, 0.15) is 5.75 Å². The minimum absolute atomic E-state index is 0. The number of ether oxygens (including phenoxy) is 1. The maximum atomic E-state index is 12.0. The van der Waals surface area contributed by atoms with E-state index in [1.165, 1.54) is 12.8 Å². The van der Waals surface area contributed by atoms with E-state index in [1.54, 1.807) is 4.90 Å². The second kappa shape index (κ2) is 8.90. The first-order chi connectivity index (χ1) is 9.69. The molecule has 0 spiro atoms. The molecule has 1 fully saturated rings. The van der Waals surface area contributed by atoms with E-state index in [-0.39, 0.29) is 18.3 Å². The first-order valence-electron chi connectivity index (χ1n) is 7.35. The first-order valence-corrected chi connectivity index (χ1v) is 7.35. The molecule has 0 unspecified atom stereocenters. The van der Waals surface area contributed by atoms with Crippen LogP contribution in [0.5, 0.6) is 5.75 Å². The molecule has 0 atom stereocenters. The zero-order valence-electron chi connectivity index (χ0n) is 12.8. The number of amides is 1. The molecule has 0 aliphatic heterocycles. The van der Waals surface area contributed by atoms with Gasteiger partial charge in [0.25, 0.3) is 0 Å². The van der Waals surface area contributed by atoms with Crippen LogP contribution in [0.15, 0.2) is 24.3 Å². The lowest BCUT2D eigenvalue weighted by Gasteiger charge is -2.18. The van der Waals surface area contributed by atoms with E-state index in [0.29, 0.717) is 19.7 Å². The molecule has 2 rings (SSSR count). The van der Waals surface area contributed by atoms with Gasteiger partial charge in [-0.1, -0.05) is 12.1 Å². The van der Waals surface area contributed by atoms with E-state index in [1.807, 2.05) is 38.2 Å². The molecule has 21 heavy (non-hydrogen) atoms. The molecule has 1 N–H and O–H groups in total. The summed E-state index contributed by atoms with van der Waals surface area (Å²) >= 11 is 0. The number of nitrogens with one attached hydrogen (secondary N) is 1. The van der Waals surface area contributed by atoms with Gasteiger partial charge in [-0.15, -0.1) is 12.4 Å². The van der Waals surface area contributed by atoms with Gasteiger partial charge >= 0.3 is 0 Å². The average Bonchev–Trinajstić information content (AvgIpc) is 3.25. The molecular weight excluding hydrogens is 288 g/mol. The summed E-state index contributed by atoms with van der Waals surface area (Å²) in [6.07, 6.45) is 2.62. The van der Waals surface area contributed by atoms with Crippen molar-refractivity contribution in [2.45, 2.75) is 26.3 Å². The summed E-state index contributed by atoms with van der Waals surface area (Å²) in [5, 5.41) is 3.23. The van der Waals surface area contributed by atoms with Crippen LogP contribution in [-0.2, 0) is 11.3 Å². The summed E-state index contributed by atoms with van der Waals surface area (Å²) in [5.41, 5.74) is 1.12. The molecule has 0 heterocycles. The van der Waals surface area contributed by atoms with Crippen molar-refractivity contribution in [3.63, 3.8) is 0 Å². The largest absolute Gasteiger partial charge is 0.494 e. The van der Waals surface area contributed by atoms with E-state index >= 15 is 0 Å². The van der Waals surface area contributed by atoms with Crippen molar-refractivity contribution in [3.8, 4) is 5.75 Å². The molecule has 0 aromatic heterocycles. The van der Waals surface area contributed by atoms with Crippen molar-refractivity contribution in [1.29, 1.82) is 0 Å². The van der Waals surface area contributed by atoms with Gasteiger partial charge in [0, 0.05) is 13.6 Å². The Morgan fingerprint density at radius 2 is 2.00 bits per heavy atom. The normalized spacial score (nSPS) is 13.4. The first kappa shape index (κ1) is 17.8. The van der Waals surface area contributed by atoms with E-state index < -0.39 is 0 Å². The number of hydrogen-bond donors (Lipinski definition) is 1. The molecule has 118 valence electrons. The van der Waals surface area contributed by atoms with Crippen molar-refractivity contribution in [3.05, 3.63) is 29.8 Å². The lowest BCUT2D eigenvalue weighted by atomic mass is 10.2. The molecule has 1 saturated carbocycles. The van der Waals surface area contributed by atoms with Crippen LogP contribution in [0.25, 0.3) is 0 Å². The zero-order chi connectivity index (χ0) is 14.4. The number of likely N-dealkylation sites (N-methyl/N-ethyl adjacent to an activating group) is 1. The fourth-order valence-corrected chi connectivity index (χ4v) is 2.06. The molecule has 1 aliphatic carbocycles. The summed E-state index contributed by atoms with van der Waals surface area (Å²) in [6.45, 7) is 4.68. The Bertz CT molecular complexity index is 432. The standard InChI is InChI=1S/C16H24N2O2.ClH/c1-3-20-15-8-6-14(7-9-15)12-18(2)16(19)11-17-10-13-4-5-13;/h6-9,13,17H,3-5,10-12H2,1-2H3;1H. The van der Waals surface area contributed by atoms with Crippen LogP contribution in [0.2, 0.25) is 0 Å². The Balaban J connectivity index is 0.00000220. The Hall–Kier alpha value is -1.26. The Labute approximate surface area is 133 Å². The summed E-state index contributed by atoms with van der Waals surface area (Å²) < 4.78 is 5.40. The predicted octanol–water partition coefficient (Wildman–Crippen LogP) is 2.47. The third-order valence-electron chi connectivity index (χ3n) is 3.49. The molecule has 1 aromatic rings. The van der Waals surface area contributed by atoms with E-state index in [4.69, 9.17) is 4.74 Å². The van der Waals surface area contributed by atoms with Gasteiger partial charge in [0.05, 0.1) is 13.2 Å². The number of carbonyl (C=O) groups excluding carboxylic acids is 1. The Kier molecular flexibility index (Phi) is 7.54. The highest BCUT2D eigenvalue weighted by Gasteiger charge is 2.21. The minimum Gasteiger partial charge on any atom is -0.494 e. The third kappa shape index (κ3) is 6.36. The quantitative estimate of drug-likeness (QED) is 0.802. The van der Waals surface area contributed by atoms with E-state index in [9.17, 15) is 4.79 Å². The Morgan fingerprint density at radius 1 is 1.33 bits per heavy atom. The average molecular weight is 313 g/mol. The fourth-order valence-electron chi connectivity index (χ4n) is 2.06. The molecule has 0 bridgehead atoms. The number of carbonyl (C=O) groups is 1. The molecule has 0 radical (unpaired) electrons. The van der Waals surface area contributed by atoms with Crippen LogP contribution in [0, 0.1) is 5.92 Å². The maximum absolute atomic E-state index is 12.0. The van der Waals surface area contributed by atoms with Crippen LogP contribution in [0.1, 0.15) is 25.3 Å². The summed E-state index contributed by atoms with van der Waals surface area (Å²) in [7, 11) is 1.84. The van der Waals surface area contributed by atoms with Crippen LogP contribution < -0.4 is 10.1 Å². The molecule has 1 aliphatic rings. The third-order valence-corrected chi connectivity index (χ3v) is 3.49. The minimum atomic E-state index is 0. The number of halogens is 1. The Morgan fingerprint density at radius 3 is 2.57 bits per heavy atom. The molecule has 5 heteroatoms. The highest BCUT2D eigenvalue weighted by molar-refractivity contribution is 5.85. The van der Waals surface area contributed by atoms with Crippen molar-refractivity contribution in [2.24, 2.45) is 5.92 Å². The monoisotopic (exact) mass is 312 g/mol.